The Hall–Kier alpha value is -2.37. The summed E-state index contributed by atoms with van der Waals surface area (Å²) >= 11 is 0. The second-order valence-corrected chi connectivity index (χ2v) is 28.3. The molecule has 30 nitrogen and oxygen atoms in total. The first-order valence-corrected chi connectivity index (χ1v) is 35.1. The molecule has 75 heavy (non-hydrogen) atoms. The predicted molar refractivity (Wildman–Crippen MR) is 270 cm³/mol. The number of hydrogen-bond acceptors (Lipinski definition) is 30. The van der Waals surface area contributed by atoms with Gasteiger partial charge in [0.2, 0.25) is 0 Å². The maximum absolute atomic E-state index is 11.9. The van der Waals surface area contributed by atoms with E-state index in [2.05, 4.69) is 0 Å². The summed E-state index contributed by atoms with van der Waals surface area (Å²) in [4.78, 5) is 59.4. The Labute approximate surface area is 445 Å². The number of aliphatic hydroxyl groups excluding tert-OH is 10. The minimum absolute atomic E-state index is 0.125. The topological polar surface area (TPSA) is 426 Å². The quantitative estimate of drug-likeness (QED) is 0.0156. The van der Waals surface area contributed by atoms with Gasteiger partial charge in [-0.05, 0) is 0 Å². The Balaban J connectivity index is -0.000000691. The molecule has 1 aliphatic heterocycles. The van der Waals surface area contributed by atoms with E-state index in [4.69, 9.17) is 117 Å². The minimum atomic E-state index is -4.09. The Morgan fingerprint density at radius 3 is 0.480 bits per heavy atom. The molecule has 0 amide bonds. The third-order valence-electron chi connectivity index (χ3n) is 7.35. The van der Waals surface area contributed by atoms with Gasteiger partial charge in [0.05, 0.1) is 99.1 Å². The van der Waals surface area contributed by atoms with Gasteiger partial charge in [0.25, 0.3) is 0 Å². The molecule has 0 saturated carbocycles. The Morgan fingerprint density at radius 1 is 0.267 bits per heavy atom. The van der Waals surface area contributed by atoms with Crippen molar-refractivity contribution in [1.29, 1.82) is 0 Å². The van der Waals surface area contributed by atoms with Crippen molar-refractivity contribution in [2.75, 3.05) is 132 Å². The number of hydrogen-bond donors (Lipinski definition) is 10. The summed E-state index contributed by atoms with van der Waals surface area (Å²) < 4.78 is 90.1. The van der Waals surface area contributed by atoms with Gasteiger partial charge in [-0.25, -0.2) is 0 Å². The number of esters is 5. The normalized spacial score (nSPS) is 21.9. The summed E-state index contributed by atoms with van der Waals surface area (Å²) in [6, 6.07) is 0. The van der Waals surface area contributed by atoms with E-state index in [1.807, 2.05) is 0 Å². The SMILES string of the molecule is CCC(=O)OCCO[Si]1(C)O[Si](C)(OCCOC(=O)CC)O[Si](C)(OCCOC(=O)CC)O[Si](C)(OCCOC(=O)CC)O[Si](C)(OCCOC(=O)CC)O1.OCCO.OCCO.OCCO.OCCO.OCCO. The highest BCUT2D eigenvalue weighted by atomic mass is 28.6. The van der Waals surface area contributed by atoms with Crippen LogP contribution in [0.3, 0.4) is 0 Å². The monoisotopic (exact) mass is 1190 g/mol. The van der Waals surface area contributed by atoms with Crippen LogP contribution in [0.4, 0.5) is 0 Å². The van der Waals surface area contributed by atoms with Crippen molar-refractivity contribution in [2.45, 2.75) is 99.5 Å². The average molecular weight is 1190 g/mol. The van der Waals surface area contributed by atoms with Gasteiger partial charge in [0.15, 0.2) is 0 Å². The summed E-state index contributed by atoms with van der Waals surface area (Å²) in [5, 5.41) is 76.2. The minimum Gasteiger partial charge on any atom is -0.463 e. The van der Waals surface area contributed by atoms with Crippen LogP contribution in [-0.4, -0.2) is 257 Å². The molecule has 0 aliphatic carbocycles. The molecule has 0 aromatic rings. The highest BCUT2D eigenvalue weighted by molar-refractivity contribution is 6.88. The van der Waals surface area contributed by atoms with Crippen LogP contribution >= 0.6 is 0 Å². The summed E-state index contributed by atoms with van der Waals surface area (Å²) in [5.74, 6) is -2.26. The van der Waals surface area contributed by atoms with Gasteiger partial charge in [-0.15, -0.1) is 0 Å². The van der Waals surface area contributed by atoms with Gasteiger partial charge in [-0.3, -0.25) is 24.0 Å². The first-order valence-electron chi connectivity index (χ1n) is 24.0. The van der Waals surface area contributed by atoms with E-state index >= 15 is 0 Å². The molecule has 0 atom stereocenters. The lowest BCUT2D eigenvalue weighted by Crippen LogP contribution is -2.70. The van der Waals surface area contributed by atoms with E-state index in [0.717, 1.165) is 0 Å². The summed E-state index contributed by atoms with van der Waals surface area (Å²) in [6.07, 6.45) is 0.734. The highest BCUT2D eigenvalue weighted by Crippen LogP contribution is 2.33. The molecule has 0 aromatic heterocycles. The van der Waals surface area contributed by atoms with Gasteiger partial charge in [0, 0.05) is 64.8 Å². The highest BCUT2D eigenvalue weighted by Gasteiger charge is 2.63. The summed E-state index contributed by atoms with van der Waals surface area (Å²) in [6.45, 7) is 13.0. The van der Waals surface area contributed by atoms with Crippen LogP contribution in [0.15, 0.2) is 0 Å². The largest absolute Gasteiger partial charge is 0.483 e. The van der Waals surface area contributed by atoms with E-state index in [0.29, 0.717) is 0 Å². The lowest BCUT2D eigenvalue weighted by Gasteiger charge is -2.46. The summed E-state index contributed by atoms with van der Waals surface area (Å²) in [7, 11) is -20.4. The van der Waals surface area contributed by atoms with Crippen LogP contribution in [0.25, 0.3) is 0 Å². The number of ether oxygens (including phenoxy) is 5. The van der Waals surface area contributed by atoms with Gasteiger partial charge in [0.1, 0.15) is 33.0 Å². The molecule has 1 aliphatic rings. The van der Waals surface area contributed by atoms with Crippen LogP contribution < -0.4 is 0 Å². The maximum Gasteiger partial charge on any atom is 0.483 e. The van der Waals surface area contributed by atoms with E-state index in [1.165, 1.54) is 32.7 Å². The lowest BCUT2D eigenvalue weighted by molar-refractivity contribution is -0.145. The molecule has 1 rings (SSSR count). The second-order valence-electron chi connectivity index (χ2n) is 14.2. The van der Waals surface area contributed by atoms with Gasteiger partial charge in [-0.1, -0.05) is 34.6 Å². The van der Waals surface area contributed by atoms with Crippen LogP contribution in [0.5, 0.6) is 0 Å². The van der Waals surface area contributed by atoms with Crippen molar-refractivity contribution >= 4 is 73.9 Å². The van der Waals surface area contributed by atoms with E-state index in [9.17, 15) is 24.0 Å². The zero-order valence-corrected chi connectivity index (χ0v) is 50.3. The molecular weight excluding hydrogens is 1100 g/mol. The standard InChI is InChI=1S/C30H60O20Si5.5C2H6O2/c1-11-26(31)36-16-21-41-51(6)46-52(7,42-22-17-37-27(32)12-2)48-54(9,44-24-19-39-29(34)14-4)50-55(10,45-25-20-40-30(35)15-5)49-53(8,47-51)43-23-18-38-28(33)13-3;5*3-1-2-4/h11-25H2,1-10H3;5*3-4H,1-2H2. The van der Waals surface area contributed by atoms with Crippen LogP contribution in [0, 0.1) is 0 Å². The van der Waals surface area contributed by atoms with Crippen molar-refractivity contribution in [3.63, 3.8) is 0 Å². The molecule has 0 aromatic carbocycles. The summed E-state index contributed by atoms with van der Waals surface area (Å²) in [5.41, 5.74) is 0. The zero-order chi connectivity index (χ0) is 58.7. The van der Waals surface area contributed by atoms with Crippen LogP contribution in [0.1, 0.15) is 66.7 Å². The third-order valence-corrected chi connectivity index (χ3v) is 25.8. The maximum atomic E-state index is 11.9. The number of carbonyl (C=O) groups is 5. The molecule has 0 radical (unpaired) electrons. The predicted octanol–water partition coefficient (Wildman–Crippen LogP) is -2.37. The number of rotatable bonds is 30. The van der Waals surface area contributed by atoms with Gasteiger partial charge < -0.3 is 117 Å². The number of aliphatic hydroxyl groups is 10. The fourth-order valence-electron chi connectivity index (χ4n) is 4.51. The first-order chi connectivity index (χ1) is 35.4. The second kappa shape index (κ2) is 52.3. The molecule has 1 fully saturated rings. The van der Waals surface area contributed by atoms with Gasteiger partial charge in [-0.2, -0.15) is 0 Å². The first kappa shape index (κ1) is 81.5. The molecule has 35 heteroatoms. The van der Waals surface area contributed by atoms with Gasteiger partial charge >= 0.3 is 73.9 Å². The van der Waals surface area contributed by atoms with Crippen LogP contribution in [-0.2, 0) is 90.4 Å². The smallest absolute Gasteiger partial charge is 0.463 e. The van der Waals surface area contributed by atoms with Crippen molar-refractivity contribution < 1.29 is 141 Å². The molecular formula is C40H90O30Si5. The molecule has 1 saturated heterocycles. The van der Waals surface area contributed by atoms with Crippen LogP contribution in [0.2, 0.25) is 32.7 Å². The van der Waals surface area contributed by atoms with Crippen molar-refractivity contribution in [2.24, 2.45) is 0 Å². The van der Waals surface area contributed by atoms with E-state index < -0.39 is 73.9 Å². The zero-order valence-electron chi connectivity index (χ0n) is 45.3. The van der Waals surface area contributed by atoms with E-state index in [-0.39, 0.29) is 164 Å². The van der Waals surface area contributed by atoms with Crippen molar-refractivity contribution in [3.05, 3.63) is 0 Å². The Kier molecular flexibility index (Phi) is 56.9. The number of carbonyl (C=O) groups excluding carboxylic acids is 5. The third kappa shape index (κ3) is 50.9. The fourth-order valence-corrected chi connectivity index (χ4v) is 25.3. The molecule has 0 bridgehead atoms. The lowest BCUT2D eigenvalue weighted by atomic mass is 10.5. The molecule has 1 heterocycles. The Bertz CT molecular complexity index is 1140. The van der Waals surface area contributed by atoms with E-state index in [1.54, 1.807) is 34.6 Å². The fraction of sp³-hybridized carbons (Fsp3) is 0.875. The molecule has 10 N–H and O–H groups in total. The average Bonchev–Trinajstić information content (AvgIpc) is 3.39. The molecule has 0 unspecified atom stereocenters. The molecule has 450 valence electrons. The molecule has 0 spiro atoms. The van der Waals surface area contributed by atoms with Crippen molar-refractivity contribution in [3.8, 4) is 0 Å². The van der Waals surface area contributed by atoms with Crippen molar-refractivity contribution in [1.82, 2.24) is 0 Å². The Morgan fingerprint density at radius 2 is 0.387 bits per heavy atom.